The standard InChI is InChI=1S/C19H25NO/c1-4-20-18(13-16-10-6-5-9-15(16)2)14-17-11-7-8-12-19(17)21-3/h5-12,18,20H,4,13-14H2,1-3H3. The average molecular weight is 283 g/mol. The largest absolute Gasteiger partial charge is 0.496 e. The number of aryl methyl sites for hydroxylation is 1. The second kappa shape index (κ2) is 7.84. The number of ether oxygens (including phenoxy) is 1. The average Bonchev–Trinajstić information content (AvgIpc) is 2.50. The third kappa shape index (κ3) is 4.33. The van der Waals surface area contributed by atoms with Gasteiger partial charge in [-0.3, -0.25) is 0 Å². The van der Waals surface area contributed by atoms with E-state index in [1.807, 2.05) is 12.1 Å². The molecule has 1 N–H and O–H groups in total. The monoisotopic (exact) mass is 283 g/mol. The first-order valence-corrected chi connectivity index (χ1v) is 7.64. The van der Waals surface area contributed by atoms with E-state index in [2.05, 4.69) is 55.6 Å². The van der Waals surface area contributed by atoms with E-state index >= 15 is 0 Å². The van der Waals surface area contributed by atoms with Crippen LogP contribution in [0.3, 0.4) is 0 Å². The number of rotatable bonds is 7. The minimum Gasteiger partial charge on any atom is -0.496 e. The Morgan fingerprint density at radius 1 is 0.952 bits per heavy atom. The van der Waals surface area contributed by atoms with Gasteiger partial charge >= 0.3 is 0 Å². The van der Waals surface area contributed by atoms with Crippen LogP contribution in [0.2, 0.25) is 0 Å². The van der Waals surface area contributed by atoms with Crippen molar-refractivity contribution in [2.24, 2.45) is 0 Å². The van der Waals surface area contributed by atoms with Crippen LogP contribution in [-0.4, -0.2) is 19.7 Å². The number of methoxy groups -OCH3 is 1. The first-order chi connectivity index (χ1) is 10.2. The highest BCUT2D eigenvalue weighted by Crippen LogP contribution is 2.20. The van der Waals surface area contributed by atoms with Crippen LogP contribution >= 0.6 is 0 Å². The summed E-state index contributed by atoms with van der Waals surface area (Å²) in [5, 5.41) is 3.60. The summed E-state index contributed by atoms with van der Waals surface area (Å²) in [6.45, 7) is 5.32. The molecule has 112 valence electrons. The molecule has 2 heteroatoms. The van der Waals surface area contributed by atoms with Crippen molar-refractivity contribution in [3.8, 4) is 5.75 Å². The molecule has 0 spiro atoms. The summed E-state index contributed by atoms with van der Waals surface area (Å²) in [6, 6.07) is 17.3. The first-order valence-electron chi connectivity index (χ1n) is 7.64. The number of para-hydroxylation sites is 1. The second-order valence-corrected chi connectivity index (χ2v) is 5.40. The van der Waals surface area contributed by atoms with E-state index in [9.17, 15) is 0 Å². The smallest absolute Gasteiger partial charge is 0.122 e. The van der Waals surface area contributed by atoms with Crippen LogP contribution in [0, 0.1) is 6.92 Å². The van der Waals surface area contributed by atoms with Gasteiger partial charge in [-0.25, -0.2) is 0 Å². The van der Waals surface area contributed by atoms with Crippen molar-refractivity contribution >= 4 is 0 Å². The summed E-state index contributed by atoms with van der Waals surface area (Å²) in [6.07, 6.45) is 2.02. The van der Waals surface area contributed by atoms with Gasteiger partial charge in [0.25, 0.3) is 0 Å². The van der Waals surface area contributed by atoms with E-state index in [4.69, 9.17) is 4.74 Å². The molecule has 0 aliphatic carbocycles. The molecule has 0 bridgehead atoms. The van der Waals surface area contributed by atoms with Gasteiger partial charge in [0.05, 0.1) is 7.11 Å². The SMILES string of the molecule is CCNC(Cc1ccccc1C)Cc1ccccc1OC. The van der Waals surface area contributed by atoms with Crippen molar-refractivity contribution in [1.29, 1.82) is 0 Å². The van der Waals surface area contributed by atoms with Crippen LogP contribution in [0.4, 0.5) is 0 Å². The predicted octanol–water partition coefficient (Wildman–Crippen LogP) is 3.77. The van der Waals surface area contributed by atoms with Crippen LogP contribution < -0.4 is 10.1 Å². The van der Waals surface area contributed by atoms with E-state index in [0.717, 1.165) is 25.1 Å². The minimum absolute atomic E-state index is 0.424. The van der Waals surface area contributed by atoms with Gasteiger partial charge in [-0.2, -0.15) is 0 Å². The summed E-state index contributed by atoms with van der Waals surface area (Å²) in [4.78, 5) is 0. The number of nitrogens with one attached hydrogen (secondary N) is 1. The Kier molecular flexibility index (Phi) is 5.82. The van der Waals surface area contributed by atoms with Gasteiger partial charge in [-0.05, 0) is 49.1 Å². The molecule has 2 rings (SSSR count). The molecule has 1 atom stereocenters. The molecular formula is C19H25NO. The Hall–Kier alpha value is -1.80. The lowest BCUT2D eigenvalue weighted by atomic mass is 9.96. The third-order valence-electron chi connectivity index (χ3n) is 3.88. The molecule has 0 radical (unpaired) electrons. The van der Waals surface area contributed by atoms with Crippen LogP contribution in [0.15, 0.2) is 48.5 Å². The van der Waals surface area contributed by atoms with Gasteiger partial charge in [0, 0.05) is 6.04 Å². The van der Waals surface area contributed by atoms with Gasteiger partial charge in [0.15, 0.2) is 0 Å². The van der Waals surface area contributed by atoms with Gasteiger partial charge < -0.3 is 10.1 Å². The number of hydrogen-bond acceptors (Lipinski definition) is 2. The molecular weight excluding hydrogens is 258 g/mol. The lowest BCUT2D eigenvalue weighted by molar-refractivity contribution is 0.404. The number of benzene rings is 2. The Labute approximate surface area is 128 Å². The molecule has 2 aromatic carbocycles. The van der Waals surface area contributed by atoms with Crippen molar-refractivity contribution < 1.29 is 4.74 Å². The van der Waals surface area contributed by atoms with E-state index in [1.54, 1.807) is 7.11 Å². The topological polar surface area (TPSA) is 21.3 Å². The van der Waals surface area contributed by atoms with Crippen molar-refractivity contribution in [1.82, 2.24) is 5.32 Å². The highest BCUT2D eigenvalue weighted by Gasteiger charge is 2.13. The number of likely N-dealkylation sites (N-methyl/N-ethyl adjacent to an activating group) is 1. The maximum atomic E-state index is 5.47. The molecule has 0 heterocycles. The quantitative estimate of drug-likeness (QED) is 0.835. The Morgan fingerprint density at radius 2 is 1.57 bits per heavy atom. The molecule has 0 saturated carbocycles. The van der Waals surface area contributed by atoms with Crippen LogP contribution in [0.25, 0.3) is 0 Å². The summed E-state index contributed by atoms with van der Waals surface area (Å²) in [5.74, 6) is 0.977. The highest BCUT2D eigenvalue weighted by atomic mass is 16.5. The zero-order valence-electron chi connectivity index (χ0n) is 13.2. The predicted molar refractivity (Wildman–Crippen MR) is 89.0 cm³/mol. The summed E-state index contributed by atoms with van der Waals surface area (Å²) < 4.78 is 5.47. The summed E-state index contributed by atoms with van der Waals surface area (Å²) in [7, 11) is 1.74. The van der Waals surface area contributed by atoms with E-state index < -0.39 is 0 Å². The zero-order valence-corrected chi connectivity index (χ0v) is 13.2. The fraction of sp³-hybridized carbons (Fsp3) is 0.368. The molecule has 0 aromatic heterocycles. The van der Waals surface area contributed by atoms with E-state index in [1.165, 1.54) is 16.7 Å². The Morgan fingerprint density at radius 3 is 2.24 bits per heavy atom. The number of hydrogen-bond donors (Lipinski definition) is 1. The molecule has 0 amide bonds. The third-order valence-corrected chi connectivity index (χ3v) is 3.88. The molecule has 0 aliphatic rings. The van der Waals surface area contributed by atoms with Crippen LogP contribution in [-0.2, 0) is 12.8 Å². The second-order valence-electron chi connectivity index (χ2n) is 5.40. The molecule has 0 aliphatic heterocycles. The molecule has 21 heavy (non-hydrogen) atoms. The van der Waals surface area contributed by atoms with Gasteiger partial charge in [-0.1, -0.05) is 49.4 Å². The molecule has 0 saturated heterocycles. The maximum absolute atomic E-state index is 5.47. The van der Waals surface area contributed by atoms with E-state index in [-0.39, 0.29) is 0 Å². The first kappa shape index (κ1) is 15.6. The lowest BCUT2D eigenvalue weighted by Gasteiger charge is -2.20. The van der Waals surface area contributed by atoms with E-state index in [0.29, 0.717) is 6.04 Å². The molecule has 2 nitrogen and oxygen atoms in total. The normalized spacial score (nSPS) is 12.1. The minimum atomic E-state index is 0.424. The van der Waals surface area contributed by atoms with Crippen molar-refractivity contribution in [2.75, 3.05) is 13.7 Å². The van der Waals surface area contributed by atoms with Gasteiger partial charge in [0.2, 0.25) is 0 Å². The maximum Gasteiger partial charge on any atom is 0.122 e. The van der Waals surface area contributed by atoms with Crippen molar-refractivity contribution in [2.45, 2.75) is 32.7 Å². The van der Waals surface area contributed by atoms with Gasteiger partial charge in [-0.15, -0.1) is 0 Å². The van der Waals surface area contributed by atoms with Gasteiger partial charge in [0.1, 0.15) is 5.75 Å². The van der Waals surface area contributed by atoms with Crippen molar-refractivity contribution in [3.05, 3.63) is 65.2 Å². The molecule has 2 aromatic rings. The molecule has 0 fully saturated rings. The Bertz CT molecular complexity index is 565. The molecule has 1 unspecified atom stereocenters. The summed E-state index contributed by atoms with van der Waals surface area (Å²) in [5.41, 5.74) is 4.04. The zero-order chi connectivity index (χ0) is 15.1. The highest BCUT2D eigenvalue weighted by molar-refractivity contribution is 5.34. The van der Waals surface area contributed by atoms with Crippen LogP contribution in [0.5, 0.6) is 5.75 Å². The Balaban J connectivity index is 2.14. The van der Waals surface area contributed by atoms with Crippen molar-refractivity contribution in [3.63, 3.8) is 0 Å². The van der Waals surface area contributed by atoms with Crippen LogP contribution in [0.1, 0.15) is 23.6 Å². The fourth-order valence-corrected chi connectivity index (χ4v) is 2.75. The fourth-order valence-electron chi connectivity index (χ4n) is 2.75. The lowest BCUT2D eigenvalue weighted by Crippen LogP contribution is -2.33. The summed E-state index contributed by atoms with van der Waals surface area (Å²) >= 11 is 0.